The predicted molar refractivity (Wildman–Crippen MR) is 84.3 cm³/mol. The third kappa shape index (κ3) is 5.91. The van der Waals surface area contributed by atoms with Crippen molar-refractivity contribution < 1.29 is 9.90 Å². The number of carboxylic acids is 1. The third-order valence-electron chi connectivity index (χ3n) is 3.18. The van der Waals surface area contributed by atoms with Gasteiger partial charge in [-0.3, -0.25) is 4.79 Å². The number of rotatable bonds is 9. The first kappa shape index (κ1) is 16.3. The molecule has 0 aliphatic heterocycles. The van der Waals surface area contributed by atoms with Crippen molar-refractivity contribution in [3.05, 3.63) is 42.0 Å². The van der Waals surface area contributed by atoms with Gasteiger partial charge in [-0.15, -0.1) is 0 Å². The van der Waals surface area contributed by atoms with E-state index in [1.54, 1.807) is 0 Å². The van der Waals surface area contributed by atoms with Crippen LogP contribution in [0, 0.1) is 0 Å². The first-order valence-electron chi connectivity index (χ1n) is 7.23. The zero-order chi connectivity index (χ0) is 15.0. The van der Waals surface area contributed by atoms with E-state index in [1.165, 1.54) is 18.4 Å². The molecule has 0 spiro atoms. The molecule has 1 aromatic rings. The van der Waals surface area contributed by atoms with Gasteiger partial charge in [0.1, 0.15) is 0 Å². The van der Waals surface area contributed by atoms with Crippen LogP contribution in [0.4, 0.5) is 5.69 Å². The van der Waals surface area contributed by atoms with Crippen molar-refractivity contribution in [2.24, 2.45) is 0 Å². The van der Waals surface area contributed by atoms with Crippen LogP contribution in [-0.4, -0.2) is 24.2 Å². The highest BCUT2D eigenvalue weighted by Crippen LogP contribution is 2.18. The molecule has 0 atom stereocenters. The van der Waals surface area contributed by atoms with Gasteiger partial charge in [0.25, 0.3) is 0 Å². The number of carbonyl (C=O) groups is 1. The van der Waals surface area contributed by atoms with Crippen molar-refractivity contribution in [2.75, 3.05) is 18.0 Å². The van der Waals surface area contributed by atoms with Crippen LogP contribution in [-0.2, 0) is 11.2 Å². The van der Waals surface area contributed by atoms with Crippen LogP contribution in [0.2, 0.25) is 0 Å². The molecule has 20 heavy (non-hydrogen) atoms. The number of aryl methyl sites for hydroxylation is 1. The highest BCUT2D eigenvalue weighted by atomic mass is 16.4. The van der Waals surface area contributed by atoms with Gasteiger partial charge >= 0.3 is 5.97 Å². The Bertz CT molecular complexity index is 437. The van der Waals surface area contributed by atoms with Gasteiger partial charge in [-0.25, -0.2) is 0 Å². The standard InChI is InChI=1S/C17H25NO2/c1-4-5-6-15-7-9-16(10-8-15)18(13-14(2)3)12-11-17(19)20/h7-10H,2,4-6,11-13H2,1,3H3,(H,19,20). The van der Waals surface area contributed by atoms with E-state index < -0.39 is 5.97 Å². The molecule has 0 aliphatic carbocycles. The lowest BCUT2D eigenvalue weighted by atomic mass is 10.1. The summed E-state index contributed by atoms with van der Waals surface area (Å²) in [6.07, 6.45) is 3.65. The Hall–Kier alpha value is -1.77. The molecule has 0 unspecified atom stereocenters. The van der Waals surface area contributed by atoms with Gasteiger partial charge in [0.15, 0.2) is 0 Å². The SMILES string of the molecule is C=C(C)CN(CCC(=O)O)c1ccc(CCCC)cc1. The number of carboxylic acid groups (broad SMARTS) is 1. The summed E-state index contributed by atoms with van der Waals surface area (Å²) in [6, 6.07) is 8.43. The Morgan fingerprint density at radius 1 is 1.30 bits per heavy atom. The lowest BCUT2D eigenvalue weighted by Crippen LogP contribution is -2.27. The smallest absolute Gasteiger partial charge is 0.305 e. The van der Waals surface area contributed by atoms with E-state index in [0.717, 1.165) is 17.7 Å². The summed E-state index contributed by atoms with van der Waals surface area (Å²) in [7, 11) is 0. The highest BCUT2D eigenvalue weighted by molar-refractivity contribution is 5.67. The molecule has 3 heteroatoms. The molecule has 3 nitrogen and oxygen atoms in total. The zero-order valence-electron chi connectivity index (χ0n) is 12.6. The van der Waals surface area contributed by atoms with Crippen LogP contribution in [0.1, 0.15) is 38.7 Å². The minimum absolute atomic E-state index is 0.144. The van der Waals surface area contributed by atoms with Crippen LogP contribution in [0.25, 0.3) is 0 Å². The van der Waals surface area contributed by atoms with E-state index in [-0.39, 0.29) is 6.42 Å². The Morgan fingerprint density at radius 2 is 1.95 bits per heavy atom. The lowest BCUT2D eigenvalue weighted by molar-refractivity contribution is -0.136. The number of aliphatic carboxylic acids is 1. The fourth-order valence-electron chi connectivity index (χ4n) is 2.11. The Balaban J connectivity index is 2.73. The van der Waals surface area contributed by atoms with Gasteiger partial charge in [0.05, 0.1) is 6.42 Å². The van der Waals surface area contributed by atoms with Crippen molar-refractivity contribution in [1.82, 2.24) is 0 Å². The average molecular weight is 275 g/mol. The quantitative estimate of drug-likeness (QED) is 0.695. The molecular formula is C17H25NO2. The van der Waals surface area contributed by atoms with Crippen LogP contribution < -0.4 is 4.90 Å². The fourth-order valence-corrected chi connectivity index (χ4v) is 2.11. The van der Waals surface area contributed by atoms with Gasteiger partial charge in [-0.2, -0.15) is 0 Å². The van der Waals surface area contributed by atoms with Gasteiger partial charge in [-0.05, 0) is 37.5 Å². The minimum Gasteiger partial charge on any atom is -0.481 e. The van der Waals surface area contributed by atoms with Gasteiger partial charge in [0.2, 0.25) is 0 Å². The summed E-state index contributed by atoms with van der Waals surface area (Å²) in [5, 5.41) is 8.84. The maximum absolute atomic E-state index is 10.7. The van der Waals surface area contributed by atoms with E-state index in [0.29, 0.717) is 13.1 Å². The molecule has 0 saturated heterocycles. The molecule has 0 amide bonds. The average Bonchev–Trinajstić information content (AvgIpc) is 2.41. The third-order valence-corrected chi connectivity index (χ3v) is 3.18. The molecule has 110 valence electrons. The molecule has 0 aliphatic rings. The second-order valence-corrected chi connectivity index (χ2v) is 5.29. The summed E-state index contributed by atoms with van der Waals surface area (Å²) >= 11 is 0. The maximum atomic E-state index is 10.7. The largest absolute Gasteiger partial charge is 0.481 e. The second kappa shape index (κ2) is 8.41. The highest BCUT2D eigenvalue weighted by Gasteiger charge is 2.09. The molecule has 0 aromatic heterocycles. The zero-order valence-corrected chi connectivity index (χ0v) is 12.6. The van der Waals surface area contributed by atoms with Crippen LogP contribution in [0.5, 0.6) is 0 Å². The predicted octanol–water partition coefficient (Wildman–Crippen LogP) is 3.89. The number of unbranched alkanes of at least 4 members (excludes halogenated alkanes) is 1. The van der Waals surface area contributed by atoms with Crippen LogP contribution in [0.3, 0.4) is 0 Å². The van der Waals surface area contributed by atoms with Crippen LogP contribution >= 0.6 is 0 Å². The van der Waals surface area contributed by atoms with Gasteiger partial charge in [-0.1, -0.05) is 37.6 Å². The molecule has 0 saturated carbocycles. The fraction of sp³-hybridized carbons (Fsp3) is 0.471. The summed E-state index contributed by atoms with van der Waals surface area (Å²) in [5.74, 6) is -0.767. The summed E-state index contributed by atoms with van der Waals surface area (Å²) in [4.78, 5) is 12.8. The number of hydrogen-bond acceptors (Lipinski definition) is 2. The number of hydrogen-bond donors (Lipinski definition) is 1. The Morgan fingerprint density at radius 3 is 2.45 bits per heavy atom. The summed E-state index contributed by atoms with van der Waals surface area (Å²) in [5.41, 5.74) is 3.43. The van der Waals surface area contributed by atoms with Crippen molar-refractivity contribution in [1.29, 1.82) is 0 Å². The van der Waals surface area contributed by atoms with E-state index in [4.69, 9.17) is 5.11 Å². The van der Waals surface area contributed by atoms with Crippen LogP contribution in [0.15, 0.2) is 36.4 Å². The van der Waals surface area contributed by atoms with Gasteiger partial charge in [0, 0.05) is 18.8 Å². The molecule has 1 N–H and O–H groups in total. The van der Waals surface area contributed by atoms with E-state index in [9.17, 15) is 4.79 Å². The Kier molecular flexibility index (Phi) is 6.85. The lowest BCUT2D eigenvalue weighted by Gasteiger charge is -2.24. The summed E-state index contributed by atoms with van der Waals surface area (Å²) < 4.78 is 0. The van der Waals surface area contributed by atoms with Gasteiger partial charge < -0.3 is 10.0 Å². The Labute approximate surface area is 121 Å². The number of benzene rings is 1. The summed E-state index contributed by atoms with van der Waals surface area (Å²) in [6.45, 7) is 9.27. The van der Waals surface area contributed by atoms with Crippen molar-refractivity contribution >= 4 is 11.7 Å². The molecule has 1 aromatic carbocycles. The van der Waals surface area contributed by atoms with E-state index >= 15 is 0 Å². The van der Waals surface area contributed by atoms with E-state index in [1.807, 2.05) is 6.92 Å². The molecule has 0 fully saturated rings. The van der Waals surface area contributed by atoms with Crippen molar-refractivity contribution in [3.63, 3.8) is 0 Å². The molecule has 0 radical (unpaired) electrons. The molecule has 0 bridgehead atoms. The molecular weight excluding hydrogens is 250 g/mol. The maximum Gasteiger partial charge on any atom is 0.305 e. The number of anilines is 1. The van der Waals surface area contributed by atoms with Crippen molar-refractivity contribution in [3.8, 4) is 0 Å². The molecule has 1 rings (SSSR count). The first-order valence-corrected chi connectivity index (χ1v) is 7.23. The van der Waals surface area contributed by atoms with Crippen molar-refractivity contribution in [2.45, 2.75) is 39.5 Å². The minimum atomic E-state index is -0.767. The monoisotopic (exact) mass is 275 g/mol. The second-order valence-electron chi connectivity index (χ2n) is 5.29. The first-order chi connectivity index (χ1) is 9.52. The van der Waals surface area contributed by atoms with E-state index in [2.05, 4.69) is 42.7 Å². The topological polar surface area (TPSA) is 40.5 Å². The molecule has 0 heterocycles. The number of nitrogens with zero attached hydrogens (tertiary/aromatic N) is 1. The normalized spacial score (nSPS) is 10.3.